The molecular weight excluding hydrogens is 579 g/mol. The van der Waals surface area contributed by atoms with Gasteiger partial charge in [-0.25, -0.2) is 27.0 Å². The van der Waals surface area contributed by atoms with E-state index in [9.17, 15) is 30.4 Å². The molecule has 3 N–H and O–H groups in total. The fraction of sp³-hybridized carbons (Fsp3) is 0.273. The number of rotatable bonds is 8. The van der Waals surface area contributed by atoms with Crippen molar-refractivity contribution in [2.24, 2.45) is 0 Å². The molecule has 0 atom stereocenters. The molecule has 0 amide bonds. The molecule has 1 saturated heterocycles. The van der Waals surface area contributed by atoms with Crippen LogP contribution in [0.1, 0.15) is 17.5 Å². The number of carbonyl (C=O) groups is 1. The van der Waals surface area contributed by atoms with Crippen LogP contribution < -0.4 is 10.0 Å². The number of alkyl halides is 3. The van der Waals surface area contributed by atoms with E-state index in [0.717, 1.165) is 37.2 Å². The molecule has 8 nitrogen and oxygen atoms in total. The summed E-state index contributed by atoms with van der Waals surface area (Å²) in [6.45, 7) is 2.67. The first-order chi connectivity index (χ1) is 17.8. The van der Waals surface area contributed by atoms with Crippen molar-refractivity contribution >= 4 is 50.4 Å². The van der Waals surface area contributed by atoms with Crippen molar-refractivity contribution in [3.63, 3.8) is 0 Å². The molecule has 0 radical (unpaired) electrons. The first-order valence-corrected chi connectivity index (χ1v) is 13.5. The van der Waals surface area contributed by atoms with E-state index in [1.807, 2.05) is 6.07 Å². The molecule has 0 bridgehead atoms. The van der Waals surface area contributed by atoms with Gasteiger partial charge in [0, 0.05) is 24.0 Å². The van der Waals surface area contributed by atoms with Gasteiger partial charge in [0.15, 0.2) is 5.82 Å². The van der Waals surface area contributed by atoms with Crippen molar-refractivity contribution in [2.75, 3.05) is 23.1 Å². The summed E-state index contributed by atoms with van der Waals surface area (Å²) in [7, 11) is -4.20. The number of aromatic nitrogens is 1. The third kappa shape index (κ3) is 7.75. The SMILES string of the molecule is O=C(O)C(F)(F)F.O=S(=O)(Nc1cscn1)c1cc(Cl)c(NCc2c(F)cccc2CN2CCC2)cc1F. The number of carboxylic acid groups (broad SMARTS) is 1. The van der Waals surface area contributed by atoms with Crippen molar-refractivity contribution in [3.8, 4) is 0 Å². The molecule has 1 fully saturated rings. The lowest BCUT2D eigenvalue weighted by Gasteiger charge is -2.31. The largest absolute Gasteiger partial charge is 0.490 e. The number of hydrogen-bond donors (Lipinski definition) is 3. The van der Waals surface area contributed by atoms with Crippen molar-refractivity contribution in [3.05, 3.63) is 69.0 Å². The third-order valence-corrected chi connectivity index (χ3v) is 7.51. The van der Waals surface area contributed by atoms with Gasteiger partial charge in [0.05, 0.1) is 16.2 Å². The number of nitrogens with one attached hydrogen (secondary N) is 2. The molecule has 38 heavy (non-hydrogen) atoms. The number of benzene rings is 2. The topological polar surface area (TPSA) is 112 Å². The summed E-state index contributed by atoms with van der Waals surface area (Å²) in [5.41, 5.74) is 2.93. The zero-order valence-electron chi connectivity index (χ0n) is 19.2. The first-order valence-electron chi connectivity index (χ1n) is 10.7. The number of halogens is 6. The van der Waals surface area contributed by atoms with Crippen molar-refractivity contribution in [2.45, 2.75) is 30.6 Å². The van der Waals surface area contributed by atoms with Crippen molar-refractivity contribution in [1.29, 1.82) is 0 Å². The van der Waals surface area contributed by atoms with Gasteiger partial charge in [-0.2, -0.15) is 13.2 Å². The minimum absolute atomic E-state index is 0.000634. The molecule has 0 spiro atoms. The van der Waals surface area contributed by atoms with Crippen molar-refractivity contribution in [1.82, 2.24) is 9.88 Å². The van der Waals surface area contributed by atoms with E-state index in [1.54, 1.807) is 6.07 Å². The van der Waals surface area contributed by atoms with E-state index in [2.05, 4.69) is 19.9 Å². The number of anilines is 2. The fourth-order valence-corrected chi connectivity index (χ4v) is 5.18. The number of thiazole rings is 1. The number of sulfonamides is 1. The van der Waals surface area contributed by atoms with Crippen LogP contribution in [0.2, 0.25) is 5.02 Å². The predicted molar refractivity (Wildman–Crippen MR) is 132 cm³/mol. The van der Waals surface area contributed by atoms with Crippen LogP contribution in [0.5, 0.6) is 0 Å². The van der Waals surface area contributed by atoms with Gasteiger partial charge >= 0.3 is 12.1 Å². The molecule has 0 unspecified atom stereocenters. The fourth-order valence-electron chi connectivity index (χ4n) is 3.24. The average Bonchev–Trinajstić information content (AvgIpc) is 3.29. The smallest absolute Gasteiger partial charge is 0.475 e. The highest BCUT2D eigenvalue weighted by atomic mass is 35.5. The Bertz CT molecular complexity index is 1390. The molecule has 206 valence electrons. The highest BCUT2D eigenvalue weighted by Crippen LogP contribution is 2.30. The highest BCUT2D eigenvalue weighted by molar-refractivity contribution is 7.92. The molecule has 1 aliphatic rings. The van der Waals surface area contributed by atoms with Crippen LogP contribution in [-0.2, 0) is 27.9 Å². The molecule has 0 saturated carbocycles. The monoisotopic (exact) mass is 598 g/mol. The van der Waals surface area contributed by atoms with E-state index in [1.165, 1.54) is 28.3 Å². The van der Waals surface area contributed by atoms with Gasteiger partial charge in [0.1, 0.15) is 16.5 Å². The standard InChI is InChI=1S/C20H19ClF2N4O2S2.C2HF3O2/c21-15-7-19(31(28,29)26-20-11-30-12-25-20)17(23)8-18(15)24-9-14-13(3-1-4-16(14)22)10-27-5-2-6-27;3-2(4,5)1(6)7/h1,3-4,7-8,11-12,24,26H,2,5-6,9-10H2;(H,6,7). The quantitative estimate of drug-likeness (QED) is 0.301. The van der Waals surface area contributed by atoms with Gasteiger partial charge < -0.3 is 10.4 Å². The molecule has 3 aromatic rings. The lowest BCUT2D eigenvalue weighted by Crippen LogP contribution is -2.36. The molecule has 2 heterocycles. The zero-order chi connectivity index (χ0) is 28.1. The van der Waals surface area contributed by atoms with Crippen LogP contribution in [0, 0.1) is 11.6 Å². The summed E-state index contributed by atoms with van der Waals surface area (Å²) in [6, 6.07) is 6.92. The normalized spacial score (nSPS) is 13.7. The molecule has 16 heteroatoms. The molecule has 0 aliphatic carbocycles. The van der Waals surface area contributed by atoms with Crippen LogP contribution >= 0.6 is 22.9 Å². The molecule has 1 aromatic heterocycles. The van der Waals surface area contributed by atoms with Gasteiger partial charge in [-0.1, -0.05) is 23.7 Å². The summed E-state index contributed by atoms with van der Waals surface area (Å²) in [6.07, 6.45) is -3.95. The lowest BCUT2D eigenvalue weighted by atomic mass is 10.0. The second-order valence-electron chi connectivity index (χ2n) is 7.91. The number of carboxylic acids is 1. The lowest BCUT2D eigenvalue weighted by molar-refractivity contribution is -0.192. The third-order valence-electron chi connectivity index (χ3n) is 5.24. The van der Waals surface area contributed by atoms with E-state index in [4.69, 9.17) is 21.5 Å². The van der Waals surface area contributed by atoms with Crippen LogP contribution in [-0.4, -0.2) is 48.6 Å². The Balaban J connectivity index is 0.000000505. The molecule has 2 aromatic carbocycles. The number of hydrogen-bond acceptors (Lipinski definition) is 7. The zero-order valence-corrected chi connectivity index (χ0v) is 21.6. The van der Waals surface area contributed by atoms with E-state index in [0.29, 0.717) is 12.1 Å². The van der Waals surface area contributed by atoms with E-state index >= 15 is 0 Å². The Morgan fingerprint density at radius 2 is 1.87 bits per heavy atom. The minimum atomic E-state index is -5.08. The minimum Gasteiger partial charge on any atom is -0.475 e. The Labute approximate surface area is 223 Å². The number of aliphatic carboxylic acids is 1. The Morgan fingerprint density at radius 1 is 1.18 bits per heavy atom. The molecule has 1 aliphatic heterocycles. The number of likely N-dealkylation sites (tertiary alicyclic amines) is 1. The first kappa shape index (κ1) is 29.5. The predicted octanol–water partition coefficient (Wildman–Crippen LogP) is 5.33. The van der Waals surface area contributed by atoms with Crippen LogP contribution in [0.3, 0.4) is 0 Å². The second kappa shape index (κ2) is 12.2. The summed E-state index contributed by atoms with van der Waals surface area (Å²) >= 11 is 7.41. The van der Waals surface area contributed by atoms with Crippen LogP contribution in [0.4, 0.5) is 33.5 Å². The Morgan fingerprint density at radius 3 is 2.42 bits per heavy atom. The van der Waals surface area contributed by atoms with Gasteiger partial charge in [-0.3, -0.25) is 9.62 Å². The summed E-state index contributed by atoms with van der Waals surface area (Å²) < 4.78 is 88.0. The highest BCUT2D eigenvalue weighted by Gasteiger charge is 2.38. The van der Waals surface area contributed by atoms with Crippen molar-refractivity contribution < 1.29 is 40.3 Å². The maximum atomic E-state index is 14.6. The van der Waals surface area contributed by atoms with Gasteiger partial charge in [-0.05, 0) is 43.3 Å². The van der Waals surface area contributed by atoms with E-state index < -0.39 is 32.9 Å². The molecule has 4 rings (SSSR count). The van der Waals surface area contributed by atoms with Gasteiger partial charge in [0.2, 0.25) is 0 Å². The van der Waals surface area contributed by atoms with Crippen LogP contribution in [0.15, 0.2) is 46.1 Å². The van der Waals surface area contributed by atoms with Crippen LogP contribution in [0.25, 0.3) is 0 Å². The molecular formula is C22H20ClF5N4O4S2. The Kier molecular flexibility index (Phi) is 9.51. The Hall–Kier alpha value is -3.01. The average molecular weight is 599 g/mol. The summed E-state index contributed by atoms with van der Waals surface area (Å²) in [5, 5.41) is 11.5. The summed E-state index contributed by atoms with van der Waals surface area (Å²) in [4.78, 5) is 14.3. The van der Waals surface area contributed by atoms with E-state index in [-0.39, 0.29) is 28.9 Å². The maximum Gasteiger partial charge on any atom is 0.490 e. The van der Waals surface area contributed by atoms with Gasteiger partial charge in [-0.15, -0.1) is 11.3 Å². The maximum absolute atomic E-state index is 14.6. The van der Waals surface area contributed by atoms with Gasteiger partial charge in [0.25, 0.3) is 10.0 Å². The number of nitrogens with zero attached hydrogens (tertiary/aromatic N) is 2. The summed E-state index contributed by atoms with van der Waals surface area (Å²) in [5.74, 6) is -4.01. The second-order valence-corrected chi connectivity index (χ2v) is 10.7.